The van der Waals surface area contributed by atoms with E-state index in [4.69, 9.17) is 17.3 Å². The van der Waals surface area contributed by atoms with Gasteiger partial charge in [0.1, 0.15) is 5.82 Å². The van der Waals surface area contributed by atoms with Crippen molar-refractivity contribution < 1.29 is 0 Å². The molecule has 36 heavy (non-hydrogen) atoms. The molecule has 2 heterocycles. The van der Waals surface area contributed by atoms with Crippen LogP contribution in [-0.2, 0) is 6.54 Å². The van der Waals surface area contributed by atoms with E-state index in [-0.39, 0.29) is 12.0 Å². The van der Waals surface area contributed by atoms with Crippen LogP contribution in [0.15, 0.2) is 78.9 Å². The maximum absolute atomic E-state index is 6.16. The van der Waals surface area contributed by atoms with Crippen LogP contribution in [0.2, 0.25) is 5.02 Å². The van der Waals surface area contributed by atoms with E-state index in [0.717, 1.165) is 37.4 Å². The molecule has 0 bridgehead atoms. The molecule has 0 unspecified atom stereocenters. The van der Waals surface area contributed by atoms with Crippen molar-refractivity contribution in [3.63, 3.8) is 0 Å². The smallest absolute Gasteiger partial charge is 0.232 e. The van der Waals surface area contributed by atoms with Crippen molar-refractivity contribution in [2.75, 3.05) is 37.2 Å². The lowest BCUT2D eigenvalue weighted by Gasteiger charge is -2.39. The summed E-state index contributed by atoms with van der Waals surface area (Å²) in [7, 11) is 0. The molecule has 0 spiro atoms. The summed E-state index contributed by atoms with van der Waals surface area (Å²) in [4.78, 5) is 18.2. The largest absolute Gasteiger partial charge is 0.368 e. The molecule has 5 rings (SSSR count). The summed E-state index contributed by atoms with van der Waals surface area (Å²) in [6, 6.07) is 27.4. The van der Waals surface area contributed by atoms with Crippen molar-refractivity contribution in [1.82, 2.24) is 24.8 Å². The van der Waals surface area contributed by atoms with Gasteiger partial charge in [0.05, 0.1) is 12.6 Å². The van der Waals surface area contributed by atoms with E-state index in [1.54, 1.807) is 0 Å². The molecule has 1 aliphatic rings. The quantitative estimate of drug-likeness (QED) is 0.367. The van der Waals surface area contributed by atoms with Crippen LogP contribution in [0.4, 0.5) is 17.6 Å². The SMILES string of the molecule is Cc1ccc(Cl)cc1Nc1nc(N)nc(CN2CCN(C(c3ccccc3)c3ccccc3)CC2)n1. The van der Waals surface area contributed by atoms with Crippen LogP contribution in [0, 0.1) is 6.92 Å². The first-order valence-corrected chi connectivity index (χ1v) is 12.5. The number of halogens is 1. The third-order valence-corrected chi connectivity index (χ3v) is 6.75. The fourth-order valence-electron chi connectivity index (χ4n) is 4.68. The topological polar surface area (TPSA) is 83.2 Å². The first-order valence-electron chi connectivity index (χ1n) is 12.1. The summed E-state index contributed by atoms with van der Waals surface area (Å²) in [5.41, 5.74) is 10.5. The van der Waals surface area contributed by atoms with Crippen molar-refractivity contribution in [3.05, 3.63) is 106 Å². The van der Waals surface area contributed by atoms with Crippen molar-refractivity contribution >= 4 is 29.2 Å². The Morgan fingerprint density at radius 1 is 0.861 bits per heavy atom. The molecule has 4 aromatic rings. The number of nitrogens with zero attached hydrogens (tertiary/aromatic N) is 5. The fourth-order valence-corrected chi connectivity index (χ4v) is 4.85. The second-order valence-electron chi connectivity index (χ2n) is 9.05. The number of hydrogen-bond acceptors (Lipinski definition) is 7. The van der Waals surface area contributed by atoms with Gasteiger partial charge < -0.3 is 11.1 Å². The van der Waals surface area contributed by atoms with Crippen LogP contribution < -0.4 is 11.1 Å². The number of benzene rings is 3. The van der Waals surface area contributed by atoms with E-state index >= 15 is 0 Å². The Kier molecular flexibility index (Phi) is 7.41. The van der Waals surface area contributed by atoms with Gasteiger partial charge in [-0.25, -0.2) is 0 Å². The van der Waals surface area contributed by atoms with E-state index in [1.807, 2.05) is 25.1 Å². The summed E-state index contributed by atoms with van der Waals surface area (Å²) in [6.45, 7) is 6.34. The molecule has 1 saturated heterocycles. The molecule has 0 saturated carbocycles. The predicted molar refractivity (Wildman–Crippen MR) is 145 cm³/mol. The summed E-state index contributed by atoms with van der Waals surface area (Å²) in [5, 5.41) is 3.88. The standard InChI is InChI=1S/C28H30ClN7/c1-20-12-13-23(29)18-24(20)31-28-33-25(32-27(30)34-28)19-35-14-16-36(17-15-35)26(21-8-4-2-5-9-21)22-10-6-3-7-11-22/h2-13,18,26H,14-17,19H2,1H3,(H3,30,31,32,33,34). The van der Waals surface area contributed by atoms with Crippen molar-refractivity contribution in [3.8, 4) is 0 Å². The predicted octanol–water partition coefficient (Wildman–Crippen LogP) is 5.07. The van der Waals surface area contributed by atoms with Gasteiger partial charge in [0, 0.05) is 36.9 Å². The molecule has 1 aromatic heterocycles. The van der Waals surface area contributed by atoms with E-state index in [9.17, 15) is 0 Å². The molecule has 1 fully saturated rings. The van der Waals surface area contributed by atoms with Crippen LogP contribution in [0.25, 0.3) is 0 Å². The Morgan fingerprint density at radius 2 is 1.50 bits per heavy atom. The highest BCUT2D eigenvalue weighted by molar-refractivity contribution is 6.30. The molecule has 0 atom stereocenters. The Labute approximate surface area is 217 Å². The summed E-state index contributed by atoms with van der Waals surface area (Å²) in [6.07, 6.45) is 0. The molecule has 3 aromatic carbocycles. The maximum atomic E-state index is 6.16. The minimum absolute atomic E-state index is 0.203. The van der Waals surface area contributed by atoms with Crippen molar-refractivity contribution in [1.29, 1.82) is 0 Å². The molecular formula is C28H30ClN7. The highest BCUT2D eigenvalue weighted by atomic mass is 35.5. The minimum Gasteiger partial charge on any atom is -0.368 e. The van der Waals surface area contributed by atoms with Crippen molar-refractivity contribution in [2.45, 2.75) is 19.5 Å². The summed E-state index contributed by atoms with van der Waals surface area (Å²) < 4.78 is 0. The Morgan fingerprint density at radius 3 is 2.14 bits per heavy atom. The van der Waals surface area contributed by atoms with Crippen LogP contribution in [0.5, 0.6) is 0 Å². The van der Waals surface area contributed by atoms with Gasteiger partial charge in [0.15, 0.2) is 0 Å². The van der Waals surface area contributed by atoms with Gasteiger partial charge >= 0.3 is 0 Å². The Hall–Kier alpha value is -3.52. The number of nitrogens with one attached hydrogen (secondary N) is 1. The number of rotatable bonds is 7. The second kappa shape index (κ2) is 11.0. The number of hydrogen-bond donors (Lipinski definition) is 2. The third kappa shape index (κ3) is 5.82. The van der Waals surface area contributed by atoms with E-state index < -0.39 is 0 Å². The molecule has 0 amide bonds. The lowest BCUT2D eigenvalue weighted by atomic mass is 9.96. The number of nitrogen functional groups attached to an aromatic ring is 1. The van der Waals surface area contributed by atoms with Crippen molar-refractivity contribution in [2.24, 2.45) is 0 Å². The Bertz CT molecular complexity index is 1250. The van der Waals surface area contributed by atoms with E-state index in [2.05, 4.69) is 90.7 Å². The number of nitrogens with two attached hydrogens (primary N) is 1. The van der Waals surface area contributed by atoms with E-state index in [0.29, 0.717) is 23.3 Å². The molecule has 0 aliphatic carbocycles. The second-order valence-corrected chi connectivity index (χ2v) is 9.49. The summed E-state index contributed by atoms with van der Waals surface area (Å²) >= 11 is 6.16. The zero-order valence-electron chi connectivity index (χ0n) is 20.3. The van der Waals surface area contributed by atoms with Crippen LogP contribution in [-0.4, -0.2) is 50.9 Å². The normalized spacial score (nSPS) is 14.8. The average molecular weight is 500 g/mol. The monoisotopic (exact) mass is 499 g/mol. The van der Waals surface area contributed by atoms with Crippen LogP contribution >= 0.6 is 11.6 Å². The Balaban J connectivity index is 1.27. The van der Waals surface area contributed by atoms with Gasteiger partial charge in [-0.05, 0) is 35.7 Å². The van der Waals surface area contributed by atoms with Crippen LogP contribution in [0.3, 0.4) is 0 Å². The molecule has 8 heteroatoms. The first kappa shape index (κ1) is 24.2. The third-order valence-electron chi connectivity index (χ3n) is 6.51. The molecular weight excluding hydrogens is 470 g/mol. The first-order chi connectivity index (χ1) is 17.5. The number of aromatic nitrogens is 3. The zero-order chi connectivity index (χ0) is 24.9. The van der Waals surface area contributed by atoms with Gasteiger partial charge in [0.2, 0.25) is 11.9 Å². The highest BCUT2D eigenvalue weighted by Crippen LogP contribution is 2.29. The van der Waals surface area contributed by atoms with Gasteiger partial charge in [-0.2, -0.15) is 15.0 Å². The van der Waals surface area contributed by atoms with Crippen LogP contribution in [0.1, 0.15) is 28.6 Å². The lowest BCUT2D eigenvalue weighted by Crippen LogP contribution is -2.47. The molecule has 184 valence electrons. The molecule has 7 nitrogen and oxygen atoms in total. The maximum Gasteiger partial charge on any atom is 0.232 e. The van der Waals surface area contributed by atoms with Gasteiger partial charge in [-0.1, -0.05) is 78.3 Å². The van der Waals surface area contributed by atoms with Gasteiger partial charge in [-0.15, -0.1) is 0 Å². The molecule has 3 N–H and O–H groups in total. The molecule has 1 aliphatic heterocycles. The zero-order valence-corrected chi connectivity index (χ0v) is 21.1. The number of aryl methyl sites for hydroxylation is 1. The highest BCUT2D eigenvalue weighted by Gasteiger charge is 2.26. The minimum atomic E-state index is 0.203. The summed E-state index contributed by atoms with van der Waals surface area (Å²) in [5.74, 6) is 1.28. The fraction of sp³-hybridized carbons (Fsp3) is 0.250. The number of piperazine rings is 1. The molecule has 0 radical (unpaired) electrons. The number of anilines is 3. The average Bonchev–Trinajstić information content (AvgIpc) is 2.88. The van der Waals surface area contributed by atoms with Gasteiger partial charge in [-0.3, -0.25) is 9.80 Å². The van der Waals surface area contributed by atoms with E-state index in [1.165, 1.54) is 11.1 Å². The lowest BCUT2D eigenvalue weighted by molar-refractivity contribution is 0.103. The van der Waals surface area contributed by atoms with Gasteiger partial charge in [0.25, 0.3) is 0 Å².